The van der Waals surface area contributed by atoms with Crippen LogP contribution in [0.5, 0.6) is 5.75 Å². The second kappa shape index (κ2) is 16.7. The SMILES string of the molecule is CC(=O)O.COc1ccc(S(=O)(=O)N2Cc3[nH]c4ccccc4c3C(CC(=O)NCCN3CCOCC3)C2)cc1.O=CNO. The maximum absolute atomic E-state index is 13.5. The molecule has 240 valence electrons. The van der Waals surface area contributed by atoms with Gasteiger partial charge in [-0.25, -0.2) is 13.9 Å². The van der Waals surface area contributed by atoms with Crippen molar-refractivity contribution >= 4 is 39.2 Å². The van der Waals surface area contributed by atoms with Crippen molar-refractivity contribution in [3.63, 3.8) is 0 Å². The number of H-pyrrole nitrogens is 1. The molecule has 5 N–H and O–H groups in total. The number of carboxylic acid groups (broad SMARTS) is 1. The van der Waals surface area contributed by atoms with Crippen LogP contribution in [0.1, 0.15) is 30.5 Å². The summed E-state index contributed by atoms with van der Waals surface area (Å²) in [5.74, 6) is -0.577. The van der Waals surface area contributed by atoms with Gasteiger partial charge in [-0.2, -0.15) is 4.31 Å². The number of aromatic nitrogens is 1. The van der Waals surface area contributed by atoms with Gasteiger partial charge >= 0.3 is 0 Å². The van der Waals surface area contributed by atoms with E-state index < -0.39 is 16.0 Å². The summed E-state index contributed by atoms with van der Waals surface area (Å²) >= 11 is 0. The predicted octanol–water partition coefficient (Wildman–Crippen LogP) is 1.52. The standard InChI is InChI=1S/C26H32N4O5S.C2H4O2.CH3NO2/c1-34-20-6-8-21(9-7-20)36(32,33)30-17-19(16-25(31)27-10-11-29-12-14-35-15-13-29)26-22-4-2-3-5-23(22)28-24(26)18-30;1-2(3)4;3-1-2-4/h2-9,19,28H,10-18H2,1H3,(H,27,31);1H3,(H,3,4);1,4H,(H,2,3). The molecule has 14 nitrogen and oxygen atoms in total. The van der Waals surface area contributed by atoms with Crippen molar-refractivity contribution in [3.05, 3.63) is 59.8 Å². The fourth-order valence-corrected chi connectivity index (χ4v) is 6.56. The zero-order valence-electron chi connectivity index (χ0n) is 24.7. The van der Waals surface area contributed by atoms with E-state index in [0.717, 1.165) is 61.9 Å². The molecule has 15 heteroatoms. The molecule has 1 fully saturated rings. The lowest BCUT2D eigenvalue weighted by atomic mass is 9.90. The average molecular weight is 634 g/mol. The molecule has 2 aliphatic heterocycles. The van der Waals surface area contributed by atoms with Crippen LogP contribution >= 0.6 is 0 Å². The zero-order chi connectivity index (χ0) is 32.1. The van der Waals surface area contributed by atoms with Crippen LogP contribution in [-0.2, 0) is 35.7 Å². The van der Waals surface area contributed by atoms with Crippen LogP contribution in [0.15, 0.2) is 53.4 Å². The number of aliphatic carboxylic acids is 1. The number of ether oxygens (including phenoxy) is 2. The highest BCUT2D eigenvalue weighted by Crippen LogP contribution is 2.38. The van der Waals surface area contributed by atoms with Gasteiger partial charge in [-0.3, -0.25) is 24.5 Å². The molecule has 0 aliphatic carbocycles. The fourth-order valence-electron chi connectivity index (χ4n) is 5.11. The van der Waals surface area contributed by atoms with Crippen LogP contribution in [0.3, 0.4) is 0 Å². The Hall–Kier alpha value is -4.02. The summed E-state index contributed by atoms with van der Waals surface area (Å²) in [4.78, 5) is 36.7. The van der Waals surface area contributed by atoms with Crippen LogP contribution in [0.2, 0.25) is 0 Å². The normalized spacial score (nSPS) is 16.8. The van der Waals surface area contributed by atoms with E-state index in [0.29, 0.717) is 12.3 Å². The highest BCUT2D eigenvalue weighted by Gasteiger charge is 2.36. The molecule has 2 amide bonds. The third-order valence-electron chi connectivity index (χ3n) is 7.03. The van der Waals surface area contributed by atoms with Gasteiger partial charge in [-0.1, -0.05) is 18.2 Å². The van der Waals surface area contributed by atoms with Gasteiger partial charge in [0.1, 0.15) is 5.75 Å². The van der Waals surface area contributed by atoms with Crippen LogP contribution in [-0.4, -0.2) is 104 Å². The Kier molecular flexibility index (Phi) is 13.1. The number of nitrogens with one attached hydrogen (secondary N) is 3. The molecule has 0 radical (unpaired) electrons. The van der Waals surface area contributed by atoms with Crippen molar-refractivity contribution in [2.75, 3.05) is 53.0 Å². The second-order valence-electron chi connectivity index (χ2n) is 10.0. The first-order chi connectivity index (χ1) is 21.1. The van der Waals surface area contributed by atoms with Gasteiger partial charge in [0.25, 0.3) is 5.97 Å². The quantitative estimate of drug-likeness (QED) is 0.131. The number of hydrogen-bond donors (Lipinski definition) is 5. The molecule has 0 bridgehead atoms. The molecule has 1 atom stereocenters. The summed E-state index contributed by atoms with van der Waals surface area (Å²) in [6.45, 7) is 6.06. The lowest BCUT2D eigenvalue weighted by Crippen LogP contribution is -2.42. The smallest absolute Gasteiger partial charge is 0.300 e. The number of sulfonamides is 1. The number of para-hydroxylation sites is 1. The van der Waals surface area contributed by atoms with Gasteiger partial charge in [0, 0.05) is 68.6 Å². The van der Waals surface area contributed by atoms with Crippen LogP contribution < -0.4 is 15.5 Å². The number of carbonyl (C=O) groups excluding carboxylic acids is 2. The number of carboxylic acids is 1. The van der Waals surface area contributed by atoms with E-state index in [1.807, 2.05) is 24.3 Å². The Morgan fingerprint density at radius 3 is 2.39 bits per heavy atom. The number of amides is 2. The number of hydroxylamine groups is 1. The van der Waals surface area contributed by atoms with Gasteiger partial charge < -0.3 is 24.9 Å². The Balaban J connectivity index is 0.000000592. The number of nitrogens with zero attached hydrogens (tertiary/aromatic N) is 2. The minimum Gasteiger partial charge on any atom is -0.497 e. The maximum atomic E-state index is 13.5. The van der Waals surface area contributed by atoms with E-state index >= 15 is 0 Å². The Morgan fingerprint density at radius 2 is 1.77 bits per heavy atom. The van der Waals surface area contributed by atoms with Crippen molar-refractivity contribution in [2.45, 2.75) is 30.7 Å². The number of rotatable bonds is 9. The van der Waals surface area contributed by atoms with Gasteiger partial charge in [0.2, 0.25) is 22.3 Å². The summed E-state index contributed by atoms with van der Waals surface area (Å²) in [6.07, 6.45) is 0.395. The average Bonchev–Trinajstić information content (AvgIpc) is 3.40. The highest BCUT2D eigenvalue weighted by atomic mass is 32.2. The maximum Gasteiger partial charge on any atom is 0.300 e. The van der Waals surface area contributed by atoms with E-state index in [9.17, 15) is 13.2 Å². The fraction of sp³-hybridized carbons (Fsp3) is 0.414. The Bertz CT molecular complexity index is 1480. The van der Waals surface area contributed by atoms with Crippen LogP contribution in [0.25, 0.3) is 10.9 Å². The molecule has 2 aromatic carbocycles. The molecule has 0 spiro atoms. The molecule has 1 unspecified atom stereocenters. The van der Waals surface area contributed by atoms with E-state index in [1.54, 1.807) is 31.4 Å². The molecule has 44 heavy (non-hydrogen) atoms. The largest absolute Gasteiger partial charge is 0.497 e. The molecular formula is C29H39N5O9S. The van der Waals surface area contributed by atoms with E-state index in [-0.39, 0.29) is 42.6 Å². The van der Waals surface area contributed by atoms with E-state index in [4.69, 9.17) is 29.4 Å². The lowest BCUT2D eigenvalue weighted by Gasteiger charge is -2.32. The van der Waals surface area contributed by atoms with E-state index in [2.05, 4.69) is 15.2 Å². The van der Waals surface area contributed by atoms with Crippen molar-refractivity contribution in [1.82, 2.24) is 25.0 Å². The Morgan fingerprint density at radius 1 is 1.14 bits per heavy atom. The summed E-state index contributed by atoms with van der Waals surface area (Å²) in [5.41, 5.74) is 4.07. The molecule has 1 saturated heterocycles. The monoisotopic (exact) mass is 633 g/mol. The Labute approximate surface area is 255 Å². The number of benzene rings is 2. The predicted molar refractivity (Wildman–Crippen MR) is 161 cm³/mol. The van der Waals surface area contributed by atoms with Crippen molar-refractivity contribution in [2.24, 2.45) is 0 Å². The molecule has 3 heterocycles. The summed E-state index contributed by atoms with van der Waals surface area (Å²) in [7, 11) is -2.22. The number of carbonyl (C=O) groups is 3. The summed E-state index contributed by atoms with van der Waals surface area (Å²) in [6, 6.07) is 14.3. The number of aromatic amines is 1. The van der Waals surface area contributed by atoms with Gasteiger partial charge in [-0.15, -0.1) is 0 Å². The lowest BCUT2D eigenvalue weighted by molar-refractivity contribution is -0.134. The van der Waals surface area contributed by atoms with Crippen LogP contribution in [0.4, 0.5) is 0 Å². The van der Waals surface area contributed by atoms with Crippen molar-refractivity contribution in [1.29, 1.82) is 0 Å². The summed E-state index contributed by atoms with van der Waals surface area (Å²) < 4.78 is 39.1. The zero-order valence-corrected chi connectivity index (χ0v) is 25.5. The molecular weight excluding hydrogens is 594 g/mol. The third kappa shape index (κ3) is 9.49. The third-order valence-corrected chi connectivity index (χ3v) is 8.86. The van der Waals surface area contributed by atoms with Gasteiger partial charge in [-0.05, 0) is 35.9 Å². The van der Waals surface area contributed by atoms with E-state index in [1.165, 1.54) is 9.79 Å². The van der Waals surface area contributed by atoms with Gasteiger partial charge in [0.15, 0.2) is 0 Å². The summed E-state index contributed by atoms with van der Waals surface area (Å²) in [5, 5.41) is 18.7. The highest BCUT2D eigenvalue weighted by molar-refractivity contribution is 7.89. The molecule has 5 rings (SSSR count). The van der Waals surface area contributed by atoms with Crippen LogP contribution in [0, 0.1) is 0 Å². The molecule has 3 aromatic rings. The number of fused-ring (bicyclic) bond motifs is 3. The molecule has 2 aliphatic rings. The van der Waals surface area contributed by atoms with Crippen molar-refractivity contribution < 1.29 is 42.6 Å². The van der Waals surface area contributed by atoms with Gasteiger partial charge in [0.05, 0.1) is 31.8 Å². The topological polar surface area (TPSA) is 191 Å². The first kappa shape index (κ1) is 34.5. The second-order valence-corrected chi connectivity index (χ2v) is 11.9. The minimum absolute atomic E-state index is 0.0758. The molecule has 0 saturated carbocycles. The minimum atomic E-state index is -3.76. The first-order valence-corrected chi connectivity index (χ1v) is 15.4. The number of methoxy groups -OCH3 is 1. The first-order valence-electron chi connectivity index (χ1n) is 13.9. The van der Waals surface area contributed by atoms with Crippen molar-refractivity contribution in [3.8, 4) is 5.75 Å². The number of hydrogen-bond acceptors (Lipinski definition) is 9. The molecule has 1 aromatic heterocycles. The number of morpholine rings is 1.